The second-order valence-corrected chi connectivity index (χ2v) is 7.60. The second-order valence-electron chi connectivity index (χ2n) is 5.58. The second kappa shape index (κ2) is 6.87. The van der Waals surface area contributed by atoms with Gasteiger partial charge in [0.25, 0.3) is 5.91 Å². The third kappa shape index (κ3) is 4.60. The molecule has 0 saturated heterocycles. The third-order valence-corrected chi connectivity index (χ3v) is 4.76. The van der Waals surface area contributed by atoms with Crippen LogP contribution in [0.25, 0.3) is 0 Å². The molecule has 0 aliphatic heterocycles. The van der Waals surface area contributed by atoms with Gasteiger partial charge in [0.2, 0.25) is 0 Å². The molecular weight excluding hydrogens is 355 g/mol. The largest absolute Gasteiger partial charge is 0.417 e. The number of rotatable bonds is 4. The van der Waals surface area contributed by atoms with Crippen molar-refractivity contribution in [2.75, 3.05) is 6.26 Å². The van der Waals surface area contributed by atoms with Crippen LogP contribution >= 0.6 is 0 Å². The van der Waals surface area contributed by atoms with Gasteiger partial charge in [0, 0.05) is 6.26 Å². The fourth-order valence-corrected chi connectivity index (χ4v) is 2.92. The molecule has 0 aromatic heterocycles. The number of alkyl halides is 3. The van der Waals surface area contributed by atoms with Crippen molar-refractivity contribution in [2.45, 2.75) is 24.0 Å². The summed E-state index contributed by atoms with van der Waals surface area (Å²) in [6.45, 7) is 1.60. The molecule has 2 aromatic rings. The Bertz CT molecular complexity index is 875. The third-order valence-electron chi connectivity index (χ3n) is 3.63. The summed E-state index contributed by atoms with van der Waals surface area (Å²) < 4.78 is 61.8. The van der Waals surface area contributed by atoms with Gasteiger partial charge >= 0.3 is 6.18 Å². The number of sulfone groups is 1. The molecule has 0 saturated carbocycles. The van der Waals surface area contributed by atoms with Crippen LogP contribution in [0, 0.1) is 0 Å². The van der Waals surface area contributed by atoms with E-state index in [1.165, 1.54) is 36.4 Å². The van der Waals surface area contributed by atoms with E-state index in [1.54, 1.807) is 6.92 Å². The van der Waals surface area contributed by atoms with Gasteiger partial charge in [-0.3, -0.25) is 4.79 Å². The van der Waals surface area contributed by atoms with Gasteiger partial charge in [0.15, 0.2) is 9.84 Å². The molecule has 2 aromatic carbocycles. The Kier molecular flexibility index (Phi) is 5.22. The van der Waals surface area contributed by atoms with E-state index in [0.29, 0.717) is 5.56 Å². The topological polar surface area (TPSA) is 63.2 Å². The molecule has 0 heterocycles. The fraction of sp³-hybridized carbons (Fsp3) is 0.235. The van der Waals surface area contributed by atoms with Crippen molar-refractivity contribution in [3.8, 4) is 0 Å². The van der Waals surface area contributed by atoms with Gasteiger partial charge in [-0.15, -0.1) is 0 Å². The predicted molar refractivity (Wildman–Crippen MR) is 86.9 cm³/mol. The molecule has 0 radical (unpaired) electrons. The molecule has 4 nitrogen and oxygen atoms in total. The first kappa shape index (κ1) is 19.0. The van der Waals surface area contributed by atoms with Crippen LogP contribution < -0.4 is 5.32 Å². The molecule has 1 unspecified atom stereocenters. The number of hydrogen-bond donors (Lipinski definition) is 1. The van der Waals surface area contributed by atoms with E-state index in [4.69, 9.17) is 0 Å². The van der Waals surface area contributed by atoms with Crippen molar-refractivity contribution in [2.24, 2.45) is 0 Å². The molecule has 0 aliphatic rings. The first-order valence-electron chi connectivity index (χ1n) is 7.27. The fourth-order valence-electron chi connectivity index (χ4n) is 2.29. The van der Waals surface area contributed by atoms with Gasteiger partial charge in [0.05, 0.1) is 22.1 Å². The van der Waals surface area contributed by atoms with Crippen LogP contribution in [0.4, 0.5) is 13.2 Å². The first-order valence-corrected chi connectivity index (χ1v) is 9.16. The summed E-state index contributed by atoms with van der Waals surface area (Å²) in [7, 11) is -3.35. The van der Waals surface area contributed by atoms with Crippen molar-refractivity contribution in [1.82, 2.24) is 5.32 Å². The normalized spacial score (nSPS) is 13.3. The molecule has 2 rings (SSSR count). The van der Waals surface area contributed by atoms with Crippen molar-refractivity contribution in [3.63, 3.8) is 0 Å². The minimum absolute atomic E-state index is 0.122. The van der Waals surface area contributed by atoms with Gasteiger partial charge in [0.1, 0.15) is 0 Å². The SMILES string of the molecule is CC(NC(=O)c1ccccc1C(F)(F)F)c1ccc(S(C)(=O)=O)cc1. The molecule has 0 fully saturated rings. The molecular formula is C17H16F3NO3S. The number of amides is 1. The van der Waals surface area contributed by atoms with Gasteiger partial charge in [-0.2, -0.15) is 13.2 Å². The molecule has 25 heavy (non-hydrogen) atoms. The summed E-state index contributed by atoms with van der Waals surface area (Å²) in [4.78, 5) is 12.3. The van der Waals surface area contributed by atoms with E-state index in [-0.39, 0.29) is 4.90 Å². The maximum Gasteiger partial charge on any atom is 0.417 e. The van der Waals surface area contributed by atoms with E-state index in [2.05, 4.69) is 5.32 Å². The molecule has 1 atom stereocenters. The first-order chi connectivity index (χ1) is 11.5. The van der Waals surface area contributed by atoms with Crippen molar-refractivity contribution >= 4 is 15.7 Å². The Hall–Kier alpha value is -2.35. The standard InChI is InChI=1S/C17H16F3NO3S/c1-11(12-7-9-13(10-8-12)25(2,23)24)21-16(22)14-5-3-4-6-15(14)17(18,19)20/h3-11H,1-2H3,(H,21,22). The lowest BCUT2D eigenvalue weighted by molar-refractivity contribution is -0.137. The van der Waals surface area contributed by atoms with Gasteiger partial charge in [-0.1, -0.05) is 24.3 Å². The average molecular weight is 371 g/mol. The van der Waals surface area contributed by atoms with Crippen molar-refractivity contribution < 1.29 is 26.4 Å². The predicted octanol–water partition coefficient (Wildman–Crippen LogP) is 3.60. The highest BCUT2D eigenvalue weighted by Crippen LogP contribution is 2.32. The van der Waals surface area contributed by atoms with Crippen LogP contribution in [0.3, 0.4) is 0 Å². The molecule has 1 amide bonds. The Labute approximate surface area is 143 Å². The summed E-state index contributed by atoms with van der Waals surface area (Å²) in [5.74, 6) is -0.854. The number of benzene rings is 2. The Morgan fingerprint density at radius 2 is 1.60 bits per heavy atom. The Balaban J connectivity index is 2.21. The molecule has 8 heteroatoms. The molecule has 134 valence electrons. The number of carbonyl (C=O) groups is 1. The van der Waals surface area contributed by atoms with E-state index in [0.717, 1.165) is 18.4 Å². The number of nitrogens with one attached hydrogen (secondary N) is 1. The summed E-state index contributed by atoms with van der Waals surface area (Å²) >= 11 is 0. The number of halogens is 3. The molecule has 0 aliphatic carbocycles. The van der Waals surface area contributed by atoms with Gasteiger partial charge in [-0.05, 0) is 36.8 Å². The maximum atomic E-state index is 13.0. The summed E-state index contributed by atoms with van der Waals surface area (Å²) in [5.41, 5.74) is -0.896. The molecule has 1 N–H and O–H groups in total. The van der Waals surface area contributed by atoms with E-state index < -0.39 is 39.1 Å². The van der Waals surface area contributed by atoms with Crippen LogP contribution in [0.2, 0.25) is 0 Å². The maximum absolute atomic E-state index is 13.0. The lowest BCUT2D eigenvalue weighted by atomic mass is 10.0. The van der Waals surface area contributed by atoms with Crippen LogP contribution in [-0.2, 0) is 16.0 Å². The highest BCUT2D eigenvalue weighted by molar-refractivity contribution is 7.90. The molecule has 0 spiro atoms. The zero-order valence-corrected chi connectivity index (χ0v) is 14.3. The van der Waals surface area contributed by atoms with Gasteiger partial charge < -0.3 is 5.32 Å². The van der Waals surface area contributed by atoms with E-state index in [9.17, 15) is 26.4 Å². The summed E-state index contributed by atoms with van der Waals surface area (Å²) in [6.07, 6.45) is -3.56. The van der Waals surface area contributed by atoms with Crippen LogP contribution in [0.1, 0.15) is 34.5 Å². The van der Waals surface area contributed by atoms with Crippen molar-refractivity contribution in [3.05, 3.63) is 65.2 Å². The highest BCUT2D eigenvalue weighted by Gasteiger charge is 2.35. The molecule has 0 bridgehead atoms. The Morgan fingerprint density at radius 1 is 1.04 bits per heavy atom. The average Bonchev–Trinajstić information content (AvgIpc) is 2.53. The zero-order chi connectivity index (χ0) is 18.8. The monoisotopic (exact) mass is 371 g/mol. The van der Waals surface area contributed by atoms with E-state index >= 15 is 0 Å². The van der Waals surface area contributed by atoms with Crippen LogP contribution in [0.5, 0.6) is 0 Å². The highest BCUT2D eigenvalue weighted by atomic mass is 32.2. The van der Waals surface area contributed by atoms with E-state index in [1.807, 2.05) is 0 Å². The van der Waals surface area contributed by atoms with Gasteiger partial charge in [-0.25, -0.2) is 8.42 Å². The lowest BCUT2D eigenvalue weighted by Crippen LogP contribution is -2.28. The van der Waals surface area contributed by atoms with Crippen molar-refractivity contribution in [1.29, 1.82) is 0 Å². The van der Waals surface area contributed by atoms with Crippen LogP contribution in [-0.4, -0.2) is 20.6 Å². The smallest absolute Gasteiger partial charge is 0.346 e. The van der Waals surface area contributed by atoms with Crippen LogP contribution in [0.15, 0.2) is 53.4 Å². The summed E-state index contributed by atoms with van der Waals surface area (Å²) in [5, 5.41) is 2.49. The number of carbonyl (C=O) groups excluding carboxylic acids is 1. The summed E-state index contributed by atoms with van der Waals surface area (Å²) in [6, 6.07) is 9.73. The lowest BCUT2D eigenvalue weighted by Gasteiger charge is -2.17. The minimum Gasteiger partial charge on any atom is -0.346 e. The minimum atomic E-state index is -4.63. The Morgan fingerprint density at radius 3 is 2.12 bits per heavy atom. The number of hydrogen-bond acceptors (Lipinski definition) is 3. The quantitative estimate of drug-likeness (QED) is 0.893. The zero-order valence-electron chi connectivity index (χ0n) is 13.5.